The van der Waals surface area contributed by atoms with E-state index in [0.29, 0.717) is 16.9 Å². The van der Waals surface area contributed by atoms with Gasteiger partial charge in [0.05, 0.1) is 17.7 Å². The number of nitriles is 1. The molecule has 2 rings (SSSR count). The van der Waals surface area contributed by atoms with Gasteiger partial charge in [-0.15, -0.1) is 0 Å². The van der Waals surface area contributed by atoms with Gasteiger partial charge in [-0.3, -0.25) is 4.79 Å². The minimum atomic E-state index is -1.00. The molecule has 6 nitrogen and oxygen atoms in total. The Bertz CT molecular complexity index is 577. The van der Waals surface area contributed by atoms with Crippen molar-refractivity contribution >= 4 is 5.91 Å². The molecule has 3 N–H and O–H groups in total. The van der Waals surface area contributed by atoms with Gasteiger partial charge in [-0.1, -0.05) is 0 Å². The van der Waals surface area contributed by atoms with Crippen molar-refractivity contribution in [2.45, 2.75) is 31.6 Å². The average Bonchev–Trinajstić information content (AvgIpc) is 2.43. The van der Waals surface area contributed by atoms with Crippen LogP contribution in [0.5, 0.6) is 5.75 Å². The molecule has 1 aromatic carbocycles. The van der Waals surface area contributed by atoms with E-state index in [-0.39, 0.29) is 0 Å². The Morgan fingerprint density at radius 1 is 1.55 bits per heavy atom. The van der Waals surface area contributed by atoms with Crippen LogP contribution in [0, 0.1) is 11.3 Å². The summed E-state index contributed by atoms with van der Waals surface area (Å²) >= 11 is 0. The van der Waals surface area contributed by atoms with E-state index in [1.165, 1.54) is 0 Å². The highest BCUT2D eigenvalue weighted by molar-refractivity contribution is 5.77. The van der Waals surface area contributed by atoms with E-state index in [1.807, 2.05) is 6.07 Å². The predicted octanol–water partition coefficient (Wildman–Crippen LogP) is 0.240. The molecule has 0 saturated carbocycles. The van der Waals surface area contributed by atoms with Crippen molar-refractivity contribution in [1.29, 1.82) is 5.26 Å². The zero-order chi connectivity index (χ0) is 14.9. The van der Waals surface area contributed by atoms with Gasteiger partial charge in [0.15, 0.2) is 0 Å². The molecule has 0 radical (unpaired) electrons. The van der Waals surface area contributed by atoms with E-state index in [4.69, 9.17) is 15.1 Å². The number of carbonyl (C=O) groups excluding carboxylic acids is 1. The Balaban J connectivity index is 2.48. The molecule has 1 aliphatic heterocycles. The lowest BCUT2D eigenvalue weighted by Crippen LogP contribution is -2.53. The number of carbonyl (C=O) groups is 1. The van der Waals surface area contributed by atoms with Crippen LogP contribution in [0.2, 0.25) is 0 Å². The minimum Gasteiger partial charge on any atom is -0.485 e. The normalized spacial score (nSPS) is 23.1. The fourth-order valence-electron chi connectivity index (χ4n) is 2.24. The first-order valence-electron chi connectivity index (χ1n) is 6.20. The zero-order valence-electron chi connectivity index (χ0n) is 11.3. The van der Waals surface area contributed by atoms with Crippen LogP contribution in [-0.4, -0.2) is 34.4 Å². The summed E-state index contributed by atoms with van der Waals surface area (Å²) in [6.45, 7) is 2.74. The van der Waals surface area contributed by atoms with Crippen LogP contribution in [0.15, 0.2) is 18.2 Å². The highest BCUT2D eigenvalue weighted by Crippen LogP contribution is 2.40. The van der Waals surface area contributed by atoms with E-state index < -0.39 is 30.3 Å². The number of hydrogen-bond donors (Lipinski definition) is 3. The molecule has 0 spiro atoms. The third kappa shape index (κ3) is 2.46. The first-order valence-corrected chi connectivity index (χ1v) is 6.20. The molecule has 0 fully saturated rings. The molecule has 1 aliphatic rings. The summed E-state index contributed by atoms with van der Waals surface area (Å²) in [5.74, 6) is -0.0948. The van der Waals surface area contributed by atoms with Gasteiger partial charge in [0, 0.05) is 5.56 Å². The third-order valence-corrected chi connectivity index (χ3v) is 3.34. The Kier molecular flexibility index (Phi) is 3.66. The summed E-state index contributed by atoms with van der Waals surface area (Å²) in [5.41, 5.74) is 0.0364. The molecular weight excluding hydrogens is 260 g/mol. The van der Waals surface area contributed by atoms with Crippen molar-refractivity contribution in [3.8, 4) is 11.8 Å². The standard InChI is InChI=1S/C14H16N2O4/c1-14(2)13(19)12(16-11(18)7-17)9-5-8(6-15)3-4-10(9)20-14/h3-5,12-13,17,19H,7H2,1-2H3,(H,16,18)/t12-,13+/m0/s1. The van der Waals surface area contributed by atoms with Crippen LogP contribution >= 0.6 is 0 Å². The average molecular weight is 276 g/mol. The fraction of sp³-hybridized carbons (Fsp3) is 0.429. The van der Waals surface area contributed by atoms with Crippen molar-refractivity contribution in [1.82, 2.24) is 5.32 Å². The van der Waals surface area contributed by atoms with E-state index >= 15 is 0 Å². The summed E-state index contributed by atoms with van der Waals surface area (Å²) in [7, 11) is 0. The Labute approximate surface area is 116 Å². The number of ether oxygens (including phenoxy) is 1. The van der Waals surface area contributed by atoms with Crippen LogP contribution in [0.25, 0.3) is 0 Å². The van der Waals surface area contributed by atoms with Gasteiger partial charge < -0.3 is 20.3 Å². The molecule has 20 heavy (non-hydrogen) atoms. The first-order chi connectivity index (χ1) is 9.39. The van der Waals surface area contributed by atoms with E-state index in [2.05, 4.69) is 5.32 Å². The number of hydrogen-bond acceptors (Lipinski definition) is 5. The maximum Gasteiger partial charge on any atom is 0.246 e. The molecule has 6 heteroatoms. The molecule has 0 aromatic heterocycles. The fourth-order valence-corrected chi connectivity index (χ4v) is 2.24. The predicted molar refractivity (Wildman–Crippen MR) is 69.8 cm³/mol. The molecule has 1 heterocycles. The van der Waals surface area contributed by atoms with Gasteiger partial charge in [0.2, 0.25) is 5.91 Å². The molecule has 1 amide bonds. The molecule has 2 atom stereocenters. The summed E-state index contributed by atoms with van der Waals surface area (Å²) in [6, 6.07) is 6.08. The highest BCUT2D eigenvalue weighted by Gasteiger charge is 2.43. The molecule has 0 aliphatic carbocycles. The SMILES string of the molecule is CC1(C)Oc2ccc(C#N)cc2[C@H](NC(=O)CO)[C@H]1O. The van der Waals surface area contributed by atoms with Crippen molar-refractivity contribution in [2.75, 3.05) is 6.61 Å². The maximum absolute atomic E-state index is 11.4. The number of fused-ring (bicyclic) bond motifs is 1. The van der Waals surface area contributed by atoms with Crippen LogP contribution in [0.1, 0.15) is 31.0 Å². The van der Waals surface area contributed by atoms with Crippen LogP contribution in [0.3, 0.4) is 0 Å². The van der Waals surface area contributed by atoms with E-state index in [1.54, 1.807) is 32.0 Å². The second-order valence-corrected chi connectivity index (χ2v) is 5.22. The highest BCUT2D eigenvalue weighted by atomic mass is 16.5. The van der Waals surface area contributed by atoms with Crippen LogP contribution in [-0.2, 0) is 4.79 Å². The smallest absolute Gasteiger partial charge is 0.246 e. The van der Waals surface area contributed by atoms with Gasteiger partial charge in [0.1, 0.15) is 24.1 Å². The second-order valence-electron chi connectivity index (χ2n) is 5.22. The number of benzene rings is 1. The molecule has 0 unspecified atom stereocenters. The topological polar surface area (TPSA) is 103 Å². The molecule has 1 aromatic rings. The second kappa shape index (κ2) is 5.12. The molecule has 0 bridgehead atoms. The largest absolute Gasteiger partial charge is 0.485 e. The lowest BCUT2D eigenvalue weighted by molar-refractivity contribution is -0.128. The maximum atomic E-state index is 11.4. The number of nitrogens with zero attached hydrogens (tertiary/aromatic N) is 1. The Hall–Kier alpha value is -2.10. The zero-order valence-corrected chi connectivity index (χ0v) is 11.3. The first kappa shape index (κ1) is 14.3. The number of aliphatic hydroxyl groups is 2. The van der Waals surface area contributed by atoms with E-state index in [0.717, 1.165) is 0 Å². The van der Waals surface area contributed by atoms with Gasteiger partial charge in [-0.05, 0) is 32.0 Å². The monoisotopic (exact) mass is 276 g/mol. The molecular formula is C14H16N2O4. The minimum absolute atomic E-state index is 0.405. The number of aliphatic hydroxyl groups excluding tert-OH is 2. The lowest BCUT2D eigenvalue weighted by Gasteiger charge is -2.42. The summed E-state index contributed by atoms with van der Waals surface area (Å²) in [5, 5.41) is 30.7. The van der Waals surface area contributed by atoms with Gasteiger partial charge >= 0.3 is 0 Å². The molecule has 106 valence electrons. The Morgan fingerprint density at radius 3 is 2.85 bits per heavy atom. The van der Waals surface area contributed by atoms with Crippen molar-refractivity contribution in [3.05, 3.63) is 29.3 Å². The summed E-state index contributed by atoms with van der Waals surface area (Å²) < 4.78 is 5.70. The van der Waals surface area contributed by atoms with Crippen molar-refractivity contribution in [3.63, 3.8) is 0 Å². The van der Waals surface area contributed by atoms with Crippen molar-refractivity contribution in [2.24, 2.45) is 0 Å². The van der Waals surface area contributed by atoms with Gasteiger partial charge in [-0.25, -0.2) is 0 Å². The van der Waals surface area contributed by atoms with Crippen LogP contribution in [0.4, 0.5) is 0 Å². The van der Waals surface area contributed by atoms with E-state index in [9.17, 15) is 9.90 Å². The number of amides is 1. The molecule has 0 saturated heterocycles. The van der Waals surface area contributed by atoms with Gasteiger partial charge in [0.25, 0.3) is 0 Å². The number of rotatable bonds is 2. The quantitative estimate of drug-likeness (QED) is 0.718. The summed E-state index contributed by atoms with van der Waals surface area (Å²) in [6.07, 6.45) is -1.00. The van der Waals surface area contributed by atoms with Gasteiger partial charge in [-0.2, -0.15) is 5.26 Å². The number of nitrogens with one attached hydrogen (secondary N) is 1. The van der Waals surface area contributed by atoms with Crippen molar-refractivity contribution < 1.29 is 19.7 Å². The summed E-state index contributed by atoms with van der Waals surface area (Å²) in [4.78, 5) is 11.4. The van der Waals surface area contributed by atoms with Crippen LogP contribution < -0.4 is 10.1 Å². The third-order valence-electron chi connectivity index (χ3n) is 3.34. The lowest BCUT2D eigenvalue weighted by atomic mass is 9.86. The Morgan fingerprint density at radius 2 is 2.25 bits per heavy atom.